The first-order chi connectivity index (χ1) is 8.99. The van der Waals surface area contributed by atoms with Crippen LogP contribution in [0.4, 0.5) is 0 Å². The Labute approximate surface area is 118 Å². The zero-order chi connectivity index (χ0) is 13.9. The van der Waals surface area contributed by atoms with Crippen LogP contribution in [0, 0.1) is 0 Å². The Hall–Kier alpha value is -1.49. The quantitative estimate of drug-likeness (QED) is 0.904. The average molecular weight is 277 g/mol. The van der Waals surface area contributed by atoms with Crippen molar-refractivity contribution in [2.45, 2.75) is 26.3 Å². The van der Waals surface area contributed by atoms with E-state index in [0.29, 0.717) is 0 Å². The van der Waals surface area contributed by atoms with E-state index in [-0.39, 0.29) is 5.54 Å². The van der Waals surface area contributed by atoms with E-state index in [1.807, 2.05) is 24.3 Å². The lowest BCUT2D eigenvalue weighted by Gasteiger charge is -2.20. The predicted octanol–water partition coefficient (Wildman–Crippen LogP) is 2.89. The monoisotopic (exact) mass is 277 g/mol. The molecule has 0 atom stereocenters. The first kappa shape index (κ1) is 13.9. The normalized spacial score (nSPS) is 17.9. The number of para-hydroxylation sites is 1. The second kappa shape index (κ2) is 5.65. The second-order valence-corrected chi connectivity index (χ2v) is 6.21. The van der Waals surface area contributed by atoms with Crippen LogP contribution in [0.1, 0.15) is 26.3 Å². The number of nitrogens with zero attached hydrogens (tertiary/aromatic N) is 2. The first-order valence-electron chi connectivity index (χ1n) is 6.18. The summed E-state index contributed by atoms with van der Waals surface area (Å²) in [5.41, 5.74) is 4.94. The van der Waals surface area contributed by atoms with Gasteiger partial charge in [0.2, 0.25) is 0 Å². The molecule has 1 N–H and O–H groups in total. The Kier molecular flexibility index (Phi) is 4.14. The minimum absolute atomic E-state index is 0.0905. The molecule has 0 saturated carbocycles. The molecule has 0 aliphatic carbocycles. The Morgan fingerprint density at radius 2 is 2.05 bits per heavy atom. The number of aliphatic imine (C=N–C) groups is 1. The van der Waals surface area contributed by atoms with E-state index in [1.54, 1.807) is 18.9 Å². The van der Waals surface area contributed by atoms with Crippen molar-refractivity contribution in [3.05, 3.63) is 29.8 Å². The summed E-state index contributed by atoms with van der Waals surface area (Å²) >= 11 is 1.66. The molecular formula is C14H19N3OS. The number of nitrogens with one attached hydrogen (secondary N) is 1. The van der Waals surface area contributed by atoms with E-state index in [4.69, 9.17) is 4.74 Å². The van der Waals surface area contributed by atoms with E-state index in [2.05, 4.69) is 36.3 Å². The van der Waals surface area contributed by atoms with Crippen LogP contribution in [0.15, 0.2) is 34.4 Å². The van der Waals surface area contributed by atoms with Crippen molar-refractivity contribution in [3.63, 3.8) is 0 Å². The van der Waals surface area contributed by atoms with Crippen molar-refractivity contribution in [3.8, 4) is 5.75 Å². The summed E-state index contributed by atoms with van der Waals surface area (Å²) in [4.78, 5) is 4.57. The van der Waals surface area contributed by atoms with Gasteiger partial charge in [-0.2, -0.15) is 5.10 Å². The van der Waals surface area contributed by atoms with Gasteiger partial charge >= 0.3 is 0 Å². The maximum absolute atomic E-state index is 5.36. The summed E-state index contributed by atoms with van der Waals surface area (Å²) in [5.74, 6) is 1.64. The zero-order valence-electron chi connectivity index (χ0n) is 11.7. The standard InChI is InChI=1S/C14H19N3OS/c1-14(2,3)15-13-17-16-11(9-19-13)10-7-5-6-8-12(10)18-4/h5-8H,9H2,1-4H3,(H,15,17). The smallest absolute Gasteiger partial charge is 0.178 e. The lowest BCUT2D eigenvalue weighted by Crippen LogP contribution is -2.28. The highest BCUT2D eigenvalue weighted by Gasteiger charge is 2.18. The van der Waals surface area contributed by atoms with Gasteiger partial charge in [-0.1, -0.05) is 23.9 Å². The molecule has 1 aromatic carbocycles. The molecule has 5 heteroatoms. The molecule has 1 aromatic rings. The maximum Gasteiger partial charge on any atom is 0.178 e. The van der Waals surface area contributed by atoms with Gasteiger partial charge in [-0.25, -0.2) is 0 Å². The number of ether oxygens (including phenoxy) is 1. The van der Waals surface area contributed by atoms with Crippen LogP contribution in [0.5, 0.6) is 5.75 Å². The van der Waals surface area contributed by atoms with Crippen LogP contribution in [-0.4, -0.2) is 29.3 Å². The molecule has 1 aliphatic heterocycles. The second-order valence-electron chi connectivity index (χ2n) is 5.25. The third-order valence-electron chi connectivity index (χ3n) is 2.49. The van der Waals surface area contributed by atoms with Crippen LogP contribution in [0.3, 0.4) is 0 Å². The van der Waals surface area contributed by atoms with Crippen molar-refractivity contribution >= 4 is 22.6 Å². The number of hydrogen-bond donors (Lipinski definition) is 1. The maximum atomic E-state index is 5.36. The fourth-order valence-electron chi connectivity index (χ4n) is 1.70. The summed E-state index contributed by atoms with van der Waals surface area (Å²) in [7, 11) is 1.68. The van der Waals surface area contributed by atoms with E-state index < -0.39 is 0 Å². The fraction of sp³-hybridized carbons (Fsp3) is 0.429. The van der Waals surface area contributed by atoms with E-state index >= 15 is 0 Å². The van der Waals surface area contributed by atoms with Gasteiger partial charge < -0.3 is 4.74 Å². The molecule has 1 heterocycles. The zero-order valence-corrected chi connectivity index (χ0v) is 12.5. The molecular weight excluding hydrogens is 258 g/mol. The summed E-state index contributed by atoms with van der Waals surface area (Å²) in [6.45, 7) is 6.21. The number of benzene rings is 1. The van der Waals surface area contributed by atoms with Crippen molar-refractivity contribution in [1.82, 2.24) is 5.43 Å². The van der Waals surface area contributed by atoms with Gasteiger partial charge in [0, 0.05) is 11.3 Å². The molecule has 1 aliphatic rings. The summed E-state index contributed by atoms with van der Waals surface area (Å²) in [6, 6.07) is 7.91. The van der Waals surface area contributed by atoms with Gasteiger partial charge in [0.25, 0.3) is 0 Å². The molecule has 0 fully saturated rings. The number of rotatable bonds is 2. The molecule has 0 aromatic heterocycles. The predicted molar refractivity (Wildman–Crippen MR) is 82.3 cm³/mol. The molecule has 0 unspecified atom stereocenters. The third kappa shape index (κ3) is 3.73. The van der Waals surface area contributed by atoms with E-state index in [1.165, 1.54) is 0 Å². The summed E-state index contributed by atoms with van der Waals surface area (Å²) < 4.78 is 5.36. The number of hydrazone groups is 1. The van der Waals surface area contributed by atoms with Crippen LogP contribution in [0.2, 0.25) is 0 Å². The molecule has 0 bridgehead atoms. The Bertz CT molecular complexity index is 518. The minimum Gasteiger partial charge on any atom is -0.496 e. The summed E-state index contributed by atoms with van der Waals surface area (Å²) in [6.07, 6.45) is 0. The largest absolute Gasteiger partial charge is 0.496 e. The Morgan fingerprint density at radius 3 is 2.63 bits per heavy atom. The summed E-state index contributed by atoms with van der Waals surface area (Å²) in [5, 5.41) is 5.28. The highest BCUT2D eigenvalue weighted by Crippen LogP contribution is 2.23. The molecule has 2 rings (SSSR count). The fourth-order valence-corrected chi connectivity index (χ4v) is 2.64. The van der Waals surface area contributed by atoms with Crippen molar-refractivity contribution < 1.29 is 4.74 Å². The highest BCUT2D eigenvalue weighted by molar-refractivity contribution is 8.14. The Balaban J connectivity index is 2.20. The molecule has 0 saturated heterocycles. The number of methoxy groups -OCH3 is 1. The van der Waals surface area contributed by atoms with Crippen LogP contribution >= 0.6 is 11.8 Å². The van der Waals surface area contributed by atoms with Gasteiger partial charge in [-0.3, -0.25) is 10.4 Å². The van der Waals surface area contributed by atoms with Crippen LogP contribution < -0.4 is 10.2 Å². The van der Waals surface area contributed by atoms with Gasteiger partial charge in [0.05, 0.1) is 18.4 Å². The van der Waals surface area contributed by atoms with Crippen molar-refractivity contribution in [1.29, 1.82) is 0 Å². The lowest BCUT2D eigenvalue weighted by atomic mass is 10.1. The SMILES string of the molecule is COc1ccccc1C1=NNC(=NC(C)(C)C)SC1. The Morgan fingerprint density at radius 1 is 1.32 bits per heavy atom. The minimum atomic E-state index is -0.0905. The van der Waals surface area contributed by atoms with Gasteiger partial charge in [-0.05, 0) is 32.9 Å². The molecule has 19 heavy (non-hydrogen) atoms. The number of amidine groups is 1. The number of thioether (sulfide) groups is 1. The van der Waals surface area contributed by atoms with Crippen molar-refractivity contribution in [2.75, 3.05) is 12.9 Å². The third-order valence-corrected chi connectivity index (χ3v) is 3.36. The first-order valence-corrected chi connectivity index (χ1v) is 7.17. The van der Waals surface area contributed by atoms with Gasteiger partial charge in [-0.15, -0.1) is 0 Å². The molecule has 0 amide bonds. The number of hydrogen-bond acceptors (Lipinski definition) is 4. The highest BCUT2D eigenvalue weighted by atomic mass is 32.2. The topological polar surface area (TPSA) is 46.0 Å². The van der Waals surface area contributed by atoms with Crippen LogP contribution in [0.25, 0.3) is 0 Å². The molecule has 102 valence electrons. The van der Waals surface area contributed by atoms with Gasteiger partial charge in [0.1, 0.15) is 5.75 Å². The van der Waals surface area contributed by atoms with Crippen LogP contribution in [-0.2, 0) is 0 Å². The van der Waals surface area contributed by atoms with Gasteiger partial charge in [0.15, 0.2) is 5.17 Å². The molecule has 4 nitrogen and oxygen atoms in total. The van der Waals surface area contributed by atoms with E-state index in [9.17, 15) is 0 Å². The average Bonchev–Trinajstić information content (AvgIpc) is 2.38. The lowest BCUT2D eigenvalue weighted by molar-refractivity contribution is 0.414. The van der Waals surface area contributed by atoms with Crippen molar-refractivity contribution in [2.24, 2.45) is 10.1 Å². The molecule has 0 spiro atoms. The molecule has 0 radical (unpaired) electrons. The van der Waals surface area contributed by atoms with E-state index in [0.717, 1.165) is 27.9 Å².